The van der Waals surface area contributed by atoms with E-state index in [0.717, 1.165) is 38.4 Å². The summed E-state index contributed by atoms with van der Waals surface area (Å²) in [4.78, 5) is 0. The van der Waals surface area contributed by atoms with Crippen LogP contribution in [0.1, 0.15) is 45.1 Å². The van der Waals surface area contributed by atoms with Crippen LogP contribution in [0.3, 0.4) is 0 Å². The summed E-state index contributed by atoms with van der Waals surface area (Å²) in [6.07, 6.45) is 4.52. The van der Waals surface area contributed by atoms with Crippen molar-refractivity contribution in [2.75, 3.05) is 19.8 Å². The Balaban J connectivity index is 1.62. The summed E-state index contributed by atoms with van der Waals surface area (Å²) in [5.74, 6) is 1.49. The van der Waals surface area contributed by atoms with Crippen molar-refractivity contribution in [3.8, 4) is 5.75 Å². The molecule has 0 unspecified atom stereocenters. The topological polar surface area (TPSA) is 44.5 Å². The molecule has 1 saturated heterocycles. The van der Waals surface area contributed by atoms with Crippen molar-refractivity contribution in [3.63, 3.8) is 0 Å². The van der Waals surface area contributed by atoms with Gasteiger partial charge in [0.2, 0.25) is 0 Å². The molecule has 3 heteroatoms. The Kier molecular flexibility index (Phi) is 3.98. The molecule has 1 heterocycles. The zero-order valence-electron chi connectivity index (χ0n) is 13.2. The van der Waals surface area contributed by atoms with Crippen LogP contribution in [-0.2, 0) is 10.3 Å². The summed E-state index contributed by atoms with van der Waals surface area (Å²) in [7, 11) is 0. The normalized spacial score (nSPS) is 23.0. The molecule has 3 nitrogen and oxygen atoms in total. The molecule has 0 amide bonds. The zero-order valence-corrected chi connectivity index (χ0v) is 13.2. The van der Waals surface area contributed by atoms with Crippen LogP contribution in [0.2, 0.25) is 0 Å². The molecule has 2 aliphatic rings. The van der Waals surface area contributed by atoms with Gasteiger partial charge in [0.05, 0.1) is 6.61 Å². The summed E-state index contributed by atoms with van der Waals surface area (Å²) in [5.41, 5.74) is 8.17. The van der Waals surface area contributed by atoms with E-state index in [1.165, 1.54) is 18.4 Å². The van der Waals surface area contributed by atoms with Crippen molar-refractivity contribution < 1.29 is 9.47 Å². The van der Waals surface area contributed by atoms with E-state index >= 15 is 0 Å². The van der Waals surface area contributed by atoms with Gasteiger partial charge in [-0.05, 0) is 54.7 Å². The van der Waals surface area contributed by atoms with E-state index < -0.39 is 0 Å². The van der Waals surface area contributed by atoms with Gasteiger partial charge in [-0.2, -0.15) is 0 Å². The number of hydrogen-bond donors (Lipinski definition) is 1. The Bertz CT molecular complexity index is 466. The average molecular weight is 289 g/mol. The lowest BCUT2D eigenvalue weighted by molar-refractivity contribution is -0.0725. The molecular weight excluding hydrogens is 262 g/mol. The van der Waals surface area contributed by atoms with E-state index in [2.05, 4.69) is 38.1 Å². The van der Waals surface area contributed by atoms with Gasteiger partial charge in [0.1, 0.15) is 5.75 Å². The van der Waals surface area contributed by atoms with Gasteiger partial charge >= 0.3 is 0 Å². The van der Waals surface area contributed by atoms with Gasteiger partial charge in [0.15, 0.2) is 0 Å². The van der Waals surface area contributed by atoms with Crippen LogP contribution in [0.4, 0.5) is 0 Å². The van der Waals surface area contributed by atoms with E-state index in [9.17, 15) is 0 Å². The summed E-state index contributed by atoms with van der Waals surface area (Å²) < 4.78 is 11.2. The number of nitrogens with two attached hydrogens (primary N) is 1. The van der Waals surface area contributed by atoms with Gasteiger partial charge in [0.25, 0.3) is 0 Å². The Morgan fingerprint density at radius 2 is 1.76 bits per heavy atom. The lowest BCUT2D eigenvalue weighted by Crippen LogP contribution is -2.57. The van der Waals surface area contributed by atoms with E-state index in [4.69, 9.17) is 15.2 Å². The van der Waals surface area contributed by atoms with Crippen LogP contribution in [-0.4, -0.2) is 19.8 Å². The predicted octanol–water partition coefficient (Wildman–Crippen LogP) is 3.47. The quantitative estimate of drug-likeness (QED) is 0.923. The van der Waals surface area contributed by atoms with Crippen molar-refractivity contribution in [1.82, 2.24) is 0 Å². The first-order chi connectivity index (χ1) is 10.0. The maximum atomic E-state index is 6.62. The first-order valence-corrected chi connectivity index (χ1v) is 8.11. The molecule has 1 spiro atoms. The predicted molar refractivity (Wildman–Crippen MR) is 84.4 cm³/mol. The van der Waals surface area contributed by atoms with Crippen LogP contribution in [0, 0.1) is 11.3 Å². The molecule has 1 aromatic carbocycles. The highest BCUT2D eigenvalue weighted by Crippen LogP contribution is 2.57. The third-order valence-corrected chi connectivity index (χ3v) is 4.95. The monoisotopic (exact) mass is 289 g/mol. The van der Waals surface area contributed by atoms with Gasteiger partial charge < -0.3 is 15.2 Å². The Morgan fingerprint density at radius 3 is 2.33 bits per heavy atom. The lowest BCUT2D eigenvalue weighted by atomic mass is 9.52. The highest BCUT2D eigenvalue weighted by molar-refractivity contribution is 5.34. The number of hydrogen-bond acceptors (Lipinski definition) is 3. The van der Waals surface area contributed by atoms with Gasteiger partial charge in [0, 0.05) is 18.8 Å². The minimum absolute atomic E-state index is 0.145. The van der Waals surface area contributed by atoms with Gasteiger partial charge in [-0.25, -0.2) is 0 Å². The molecule has 1 aliphatic heterocycles. The minimum Gasteiger partial charge on any atom is -0.493 e. The second-order valence-electron chi connectivity index (χ2n) is 7.35. The summed E-state index contributed by atoms with van der Waals surface area (Å²) in [6.45, 7) is 6.88. The minimum atomic E-state index is -0.145. The molecule has 0 radical (unpaired) electrons. The first-order valence-electron chi connectivity index (χ1n) is 8.11. The molecule has 21 heavy (non-hydrogen) atoms. The number of ether oxygens (including phenoxy) is 2. The Morgan fingerprint density at radius 1 is 1.14 bits per heavy atom. The fourth-order valence-corrected chi connectivity index (χ4v) is 3.79. The van der Waals surface area contributed by atoms with Gasteiger partial charge in [-0.3, -0.25) is 0 Å². The molecule has 2 N–H and O–H groups in total. The van der Waals surface area contributed by atoms with E-state index in [-0.39, 0.29) is 5.54 Å². The molecule has 0 aromatic heterocycles. The lowest BCUT2D eigenvalue weighted by Gasteiger charge is -2.56. The first kappa shape index (κ1) is 14.9. The van der Waals surface area contributed by atoms with Crippen molar-refractivity contribution in [3.05, 3.63) is 29.8 Å². The van der Waals surface area contributed by atoms with Crippen molar-refractivity contribution in [2.45, 2.75) is 45.1 Å². The maximum absolute atomic E-state index is 6.62. The largest absolute Gasteiger partial charge is 0.493 e. The van der Waals surface area contributed by atoms with Crippen LogP contribution >= 0.6 is 0 Å². The summed E-state index contributed by atoms with van der Waals surface area (Å²) in [6, 6.07) is 8.40. The average Bonchev–Trinajstić information content (AvgIpc) is 2.45. The maximum Gasteiger partial charge on any atom is 0.119 e. The van der Waals surface area contributed by atoms with E-state index in [1.807, 2.05) is 0 Å². The van der Waals surface area contributed by atoms with E-state index in [0.29, 0.717) is 11.3 Å². The Hall–Kier alpha value is -1.06. The molecule has 0 bridgehead atoms. The van der Waals surface area contributed by atoms with Crippen molar-refractivity contribution in [2.24, 2.45) is 17.1 Å². The fourth-order valence-electron chi connectivity index (χ4n) is 3.79. The molecule has 0 atom stereocenters. The smallest absolute Gasteiger partial charge is 0.119 e. The molecule has 2 fully saturated rings. The highest BCUT2D eigenvalue weighted by atomic mass is 16.5. The van der Waals surface area contributed by atoms with Crippen LogP contribution < -0.4 is 10.5 Å². The van der Waals surface area contributed by atoms with Crippen LogP contribution in [0.15, 0.2) is 24.3 Å². The molecular formula is C18H27NO2. The third-order valence-electron chi connectivity index (χ3n) is 4.95. The molecule has 1 saturated carbocycles. The highest BCUT2D eigenvalue weighted by Gasteiger charge is 2.53. The standard InChI is InChI=1S/C18H27NO2/c1-14(2)11-21-16-5-3-15(4-6-16)18(19)12-17(13-18)7-9-20-10-8-17/h3-6,14H,7-13,19H2,1-2H3. The van der Waals surface area contributed by atoms with Gasteiger partial charge in [-0.15, -0.1) is 0 Å². The number of benzene rings is 1. The molecule has 116 valence electrons. The second kappa shape index (κ2) is 5.62. The van der Waals surface area contributed by atoms with Crippen LogP contribution in [0.5, 0.6) is 5.75 Å². The van der Waals surface area contributed by atoms with Crippen molar-refractivity contribution >= 4 is 0 Å². The summed E-state index contributed by atoms with van der Waals surface area (Å²) in [5, 5.41) is 0. The molecule has 1 aromatic rings. The molecule has 3 rings (SSSR count). The van der Waals surface area contributed by atoms with Gasteiger partial charge in [-0.1, -0.05) is 26.0 Å². The summed E-state index contributed by atoms with van der Waals surface area (Å²) >= 11 is 0. The Labute approximate surface area is 127 Å². The second-order valence-corrected chi connectivity index (χ2v) is 7.35. The van der Waals surface area contributed by atoms with E-state index in [1.54, 1.807) is 0 Å². The third kappa shape index (κ3) is 3.09. The van der Waals surface area contributed by atoms with Crippen LogP contribution in [0.25, 0.3) is 0 Å². The fraction of sp³-hybridized carbons (Fsp3) is 0.667. The SMILES string of the molecule is CC(C)COc1ccc(C2(N)CC3(CCOCC3)C2)cc1. The number of rotatable bonds is 4. The molecule has 1 aliphatic carbocycles. The zero-order chi connectivity index (χ0) is 14.9. The van der Waals surface area contributed by atoms with Crippen molar-refractivity contribution in [1.29, 1.82) is 0 Å².